The summed E-state index contributed by atoms with van der Waals surface area (Å²) in [4.78, 5) is 3.93. The van der Waals surface area contributed by atoms with Crippen molar-refractivity contribution in [1.29, 1.82) is 0 Å². The summed E-state index contributed by atoms with van der Waals surface area (Å²) in [6.45, 7) is 5.66. The highest BCUT2D eigenvalue weighted by molar-refractivity contribution is 7.89. The van der Waals surface area contributed by atoms with E-state index in [1.54, 1.807) is 13.8 Å². The monoisotopic (exact) mass is 400 g/mol. The van der Waals surface area contributed by atoms with Crippen LogP contribution in [0.5, 0.6) is 5.88 Å². The molecule has 5 nitrogen and oxygen atoms in total. The van der Waals surface area contributed by atoms with Gasteiger partial charge in [-0.2, -0.15) is 17.5 Å². The second-order valence-electron chi connectivity index (χ2n) is 6.67. The Morgan fingerprint density at radius 1 is 1.11 bits per heavy atom. The van der Waals surface area contributed by atoms with E-state index in [-0.39, 0.29) is 19.0 Å². The van der Waals surface area contributed by atoms with Crippen molar-refractivity contribution in [1.82, 2.24) is 9.29 Å². The van der Waals surface area contributed by atoms with E-state index < -0.39 is 27.9 Å². The zero-order valence-electron chi connectivity index (χ0n) is 15.0. The van der Waals surface area contributed by atoms with Crippen LogP contribution < -0.4 is 4.74 Å². The molecule has 9 heteroatoms. The summed E-state index contributed by atoms with van der Waals surface area (Å²) < 4.78 is 70.1. The molecule has 3 rings (SSSR count). The number of rotatable bonds is 4. The quantitative estimate of drug-likeness (QED) is 0.789. The Morgan fingerprint density at radius 3 is 2.19 bits per heavy atom. The van der Waals surface area contributed by atoms with Gasteiger partial charge in [0.2, 0.25) is 15.9 Å². The molecule has 1 fully saturated rings. The predicted octanol–water partition coefficient (Wildman–Crippen LogP) is 3.48. The molecule has 1 aliphatic heterocycles. The van der Waals surface area contributed by atoms with Crippen LogP contribution in [0.15, 0.2) is 35.4 Å². The number of benzene rings is 1. The van der Waals surface area contributed by atoms with Gasteiger partial charge in [-0.05, 0) is 38.0 Å². The Bertz CT molecular complexity index is 928. The van der Waals surface area contributed by atoms with Crippen molar-refractivity contribution in [3.63, 3.8) is 0 Å². The van der Waals surface area contributed by atoms with Crippen molar-refractivity contribution in [3.8, 4) is 5.88 Å². The molecule has 0 atom stereocenters. The van der Waals surface area contributed by atoms with E-state index in [1.165, 1.54) is 4.31 Å². The first kappa shape index (κ1) is 19.6. The highest BCUT2D eigenvalue weighted by Crippen LogP contribution is 2.31. The number of pyridine rings is 1. The molecular formula is C18H19F3N2O3S. The fraction of sp³-hybridized carbons (Fsp3) is 0.389. The molecule has 0 amide bonds. The van der Waals surface area contributed by atoms with E-state index in [2.05, 4.69) is 4.98 Å². The molecule has 0 N–H and O–H groups in total. The van der Waals surface area contributed by atoms with Crippen molar-refractivity contribution in [2.75, 3.05) is 13.1 Å². The fourth-order valence-electron chi connectivity index (χ4n) is 3.16. The van der Waals surface area contributed by atoms with E-state index in [0.29, 0.717) is 22.2 Å². The standard InChI is InChI=1S/C18H19F3N2O3S/c1-11-6-12(2)17(13(3)7-11)27(24,25)23-9-15(10-23)26-16-5-4-14(8-22-16)18(19,20)21/h4-8,15H,9-10H2,1-3H3. The number of aromatic nitrogens is 1. The van der Waals surface area contributed by atoms with Crippen LogP contribution >= 0.6 is 0 Å². The second kappa shape index (κ2) is 6.79. The van der Waals surface area contributed by atoms with Gasteiger partial charge < -0.3 is 4.74 Å². The van der Waals surface area contributed by atoms with Crippen molar-refractivity contribution in [3.05, 3.63) is 52.7 Å². The molecule has 1 aliphatic rings. The Morgan fingerprint density at radius 2 is 1.70 bits per heavy atom. The molecule has 0 radical (unpaired) electrons. The smallest absolute Gasteiger partial charge is 0.417 e. The maximum atomic E-state index is 12.9. The number of aryl methyl sites for hydroxylation is 3. The Labute approximate surface area is 155 Å². The van der Waals surface area contributed by atoms with Crippen molar-refractivity contribution in [2.24, 2.45) is 0 Å². The number of hydrogen-bond acceptors (Lipinski definition) is 4. The van der Waals surface area contributed by atoms with Gasteiger partial charge in [-0.1, -0.05) is 17.7 Å². The first-order chi connectivity index (χ1) is 12.5. The van der Waals surface area contributed by atoms with E-state index in [1.807, 2.05) is 19.1 Å². The molecule has 0 aliphatic carbocycles. The van der Waals surface area contributed by atoms with Crippen LogP contribution in [0.1, 0.15) is 22.3 Å². The lowest BCUT2D eigenvalue weighted by molar-refractivity contribution is -0.137. The van der Waals surface area contributed by atoms with Crippen LogP contribution in [-0.2, 0) is 16.2 Å². The lowest BCUT2D eigenvalue weighted by atomic mass is 10.1. The minimum Gasteiger partial charge on any atom is -0.472 e. The highest BCUT2D eigenvalue weighted by atomic mass is 32.2. The van der Waals surface area contributed by atoms with Crippen LogP contribution in [0, 0.1) is 20.8 Å². The Balaban J connectivity index is 1.67. The summed E-state index contributed by atoms with van der Waals surface area (Å²) in [5.74, 6) is 0.0349. The van der Waals surface area contributed by atoms with Gasteiger partial charge in [-0.3, -0.25) is 0 Å². The summed E-state index contributed by atoms with van der Waals surface area (Å²) in [5, 5.41) is 0. The summed E-state index contributed by atoms with van der Waals surface area (Å²) >= 11 is 0. The average molecular weight is 400 g/mol. The van der Waals surface area contributed by atoms with Gasteiger partial charge in [0, 0.05) is 12.3 Å². The minimum absolute atomic E-state index is 0.0349. The number of ether oxygens (including phenoxy) is 1. The van der Waals surface area contributed by atoms with Crippen molar-refractivity contribution in [2.45, 2.75) is 37.9 Å². The minimum atomic E-state index is -4.46. The van der Waals surface area contributed by atoms with Gasteiger partial charge >= 0.3 is 6.18 Å². The lowest BCUT2D eigenvalue weighted by Gasteiger charge is -2.38. The SMILES string of the molecule is Cc1cc(C)c(S(=O)(=O)N2CC(Oc3ccc(C(F)(F)F)cn3)C2)c(C)c1. The van der Waals surface area contributed by atoms with Crippen molar-refractivity contribution < 1.29 is 26.3 Å². The number of alkyl halides is 3. The van der Waals surface area contributed by atoms with Gasteiger partial charge in [0.1, 0.15) is 6.10 Å². The van der Waals surface area contributed by atoms with E-state index >= 15 is 0 Å². The summed E-state index contributed by atoms with van der Waals surface area (Å²) in [7, 11) is -3.65. The van der Waals surface area contributed by atoms with Crippen LogP contribution in [-0.4, -0.2) is 36.9 Å². The normalized spacial score (nSPS) is 16.2. The molecule has 0 bridgehead atoms. The fourth-order valence-corrected chi connectivity index (χ4v) is 5.08. The Kier molecular flexibility index (Phi) is 4.94. The third kappa shape index (κ3) is 3.93. The van der Waals surface area contributed by atoms with Crippen LogP contribution in [0.4, 0.5) is 13.2 Å². The number of sulfonamides is 1. The number of hydrogen-bond donors (Lipinski definition) is 0. The van der Waals surface area contributed by atoms with Gasteiger partial charge in [0.15, 0.2) is 0 Å². The maximum absolute atomic E-state index is 12.9. The van der Waals surface area contributed by atoms with E-state index in [0.717, 1.165) is 17.7 Å². The van der Waals surface area contributed by atoms with Crippen LogP contribution in [0.2, 0.25) is 0 Å². The zero-order chi connectivity index (χ0) is 20.0. The van der Waals surface area contributed by atoms with Crippen LogP contribution in [0.25, 0.3) is 0 Å². The zero-order valence-corrected chi connectivity index (χ0v) is 15.9. The summed E-state index contributed by atoms with van der Waals surface area (Å²) in [6.07, 6.45) is -4.21. The van der Waals surface area contributed by atoms with Gasteiger partial charge in [0.05, 0.1) is 23.5 Å². The van der Waals surface area contributed by atoms with E-state index in [9.17, 15) is 21.6 Å². The molecule has 0 spiro atoms. The first-order valence-corrected chi connectivity index (χ1v) is 9.70. The first-order valence-electron chi connectivity index (χ1n) is 8.26. The highest BCUT2D eigenvalue weighted by Gasteiger charge is 2.39. The molecule has 1 saturated heterocycles. The molecule has 1 aromatic heterocycles. The van der Waals surface area contributed by atoms with Gasteiger partial charge in [0.25, 0.3) is 0 Å². The molecule has 0 unspecified atom stereocenters. The summed E-state index contributed by atoms with van der Waals surface area (Å²) in [6, 6.07) is 5.66. The average Bonchev–Trinajstić information content (AvgIpc) is 2.48. The largest absolute Gasteiger partial charge is 0.472 e. The lowest BCUT2D eigenvalue weighted by Crippen LogP contribution is -2.56. The van der Waals surface area contributed by atoms with Gasteiger partial charge in [-0.25, -0.2) is 13.4 Å². The predicted molar refractivity (Wildman–Crippen MR) is 93.1 cm³/mol. The third-order valence-electron chi connectivity index (χ3n) is 4.37. The molecule has 27 heavy (non-hydrogen) atoms. The molecule has 1 aromatic carbocycles. The topological polar surface area (TPSA) is 59.5 Å². The summed E-state index contributed by atoms with van der Waals surface area (Å²) in [5.41, 5.74) is 1.49. The van der Waals surface area contributed by atoms with Crippen molar-refractivity contribution >= 4 is 10.0 Å². The maximum Gasteiger partial charge on any atom is 0.417 e. The second-order valence-corrected chi connectivity index (χ2v) is 8.55. The molecule has 146 valence electrons. The molecule has 2 aromatic rings. The molecular weight excluding hydrogens is 381 g/mol. The Hall–Kier alpha value is -2.13. The van der Waals surface area contributed by atoms with Gasteiger partial charge in [-0.15, -0.1) is 0 Å². The van der Waals surface area contributed by atoms with E-state index in [4.69, 9.17) is 4.74 Å². The number of halogens is 3. The number of nitrogens with zero attached hydrogens (tertiary/aromatic N) is 2. The molecule has 0 saturated carbocycles. The van der Waals surface area contributed by atoms with Crippen LogP contribution in [0.3, 0.4) is 0 Å². The molecule has 2 heterocycles. The third-order valence-corrected chi connectivity index (χ3v) is 6.51.